The number of cyclic esters (lactones) is 1. The Bertz CT molecular complexity index is 1360. The van der Waals surface area contributed by atoms with Crippen molar-refractivity contribution in [3.05, 3.63) is 60.2 Å². The number of esters is 1. The fourth-order valence-corrected chi connectivity index (χ4v) is 6.64. The van der Waals surface area contributed by atoms with E-state index in [9.17, 15) is 14.0 Å². The minimum atomic E-state index is -4.67. The predicted molar refractivity (Wildman–Crippen MR) is 148 cm³/mol. The van der Waals surface area contributed by atoms with Crippen molar-refractivity contribution in [3.8, 4) is 11.1 Å². The van der Waals surface area contributed by atoms with Gasteiger partial charge in [0.15, 0.2) is 0 Å². The lowest BCUT2D eigenvalue weighted by Crippen LogP contribution is -2.48. The Labute approximate surface area is 238 Å². The van der Waals surface area contributed by atoms with Crippen LogP contribution in [-0.2, 0) is 24.7 Å². The first-order valence-electron chi connectivity index (χ1n) is 13.7. The average molecular weight is 591 g/mol. The van der Waals surface area contributed by atoms with Crippen LogP contribution in [0.4, 0.5) is 9.18 Å². The van der Waals surface area contributed by atoms with Crippen LogP contribution >= 0.6 is 0 Å². The number of hydrogen-bond donors (Lipinski definition) is 3. The number of hydrogen-bond acceptors (Lipinski definition) is 7. The molecule has 12 heteroatoms. The standard InChI is InChI=1S/C29H33FN2O4.H2O4S/c1-3-35-29(34)32-23-10-11-24-20(14-23)15-26-27(17(2)36-28(26)33)25(24)12-9-22-8-7-19(16-31-22)18-5-4-6-21(30)13-18;1-5(2,3)4/h4-9,12-13,16-17,20,23-27H,3,10-11,14-15H2,1-2H3,(H,32,34);(H2,1,2,3,4)/b12-9+;/t17-,20+,23-,24-,25+,26-,27?;/m1./s1. The minimum Gasteiger partial charge on any atom is -0.462 e. The van der Waals surface area contributed by atoms with Crippen molar-refractivity contribution in [2.45, 2.75) is 51.7 Å². The summed E-state index contributed by atoms with van der Waals surface area (Å²) in [4.78, 5) is 29.2. The van der Waals surface area contributed by atoms with E-state index in [1.165, 1.54) is 12.1 Å². The van der Waals surface area contributed by atoms with Crippen molar-refractivity contribution in [1.82, 2.24) is 10.3 Å². The zero-order valence-electron chi connectivity index (χ0n) is 22.9. The average Bonchev–Trinajstić information content (AvgIpc) is 3.18. The summed E-state index contributed by atoms with van der Waals surface area (Å²) in [5.74, 6) is 0.629. The molecule has 3 aliphatic rings. The second-order valence-electron chi connectivity index (χ2n) is 10.7. The number of pyridine rings is 1. The van der Waals surface area contributed by atoms with Crippen LogP contribution in [0.2, 0.25) is 0 Å². The SMILES string of the molecule is CCOC(=O)N[C@@H]1CC[C@@H]2[C@@H](C1)C[C@H]1C(=O)O[C@H](C)C1[C@H]2/C=C/c1ccc(-c2cccc(F)c2)cn1.O=S(=O)(O)O. The van der Waals surface area contributed by atoms with Gasteiger partial charge in [0.2, 0.25) is 0 Å². The molecule has 1 aliphatic heterocycles. The van der Waals surface area contributed by atoms with Crippen molar-refractivity contribution in [2.24, 2.45) is 29.6 Å². The van der Waals surface area contributed by atoms with Gasteiger partial charge in [0.05, 0.1) is 18.2 Å². The highest BCUT2D eigenvalue weighted by molar-refractivity contribution is 7.79. The van der Waals surface area contributed by atoms with Crippen LogP contribution in [0.3, 0.4) is 0 Å². The van der Waals surface area contributed by atoms with Gasteiger partial charge in [-0.1, -0.05) is 24.3 Å². The first-order chi connectivity index (χ1) is 19.4. The highest BCUT2D eigenvalue weighted by atomic mass is 32.3. The topological polar surface area (TPSA) is 152 Å². The van der Waals surface area contributed by atoms with Crippen LogP contribution in [0.1, 0.15) is 45.2 Å². The van der Waals surface area contributed by atoms with Crippen molar-refractivity contribution in [3.63, 3.8) is 0 Å². The third-order valence-corrected chi connectivity index (χ3v) is 8.18. The molecule has 2 aliphatic carbocycles. The molecular formula is C29H35FN2O8S. The molecule has 0 spiro atoms. The zero-order valence-corrected chi connectivity index (χ0v) is 23.7. The van der Waals surface area contributed by atoms with Gasteiger partial charge in [-0.25, -0.2) is 9.18 Å². The van der Waals surface area contributed by atoms with E-state index < -0.39 is 10.4 Å². The molecule has 3 fully saturated rings. The number of nitrogens with one attached hydrogen (secondary N) is 1. The van der Waals surface area contributed by atoms with Crippen LogP contribution in [0.25, 0.3) is 17.2 Å². The zero-order chi connectivity index (χ0) is 29.7. The van der Waals surface area contributed by atoms with Gasteiger partial charge in [-0.3, -0.25) is 18.9 Å². The summed E-state index contributed by atoms with van der Waals surface area (Å²) in [5, 5.41) is 3.00. The molecular weight excluding hydrogens is 555 g/mol. The summed E-state index contributed by atoms with van der Waals surface area (Å²) >= 11 is 0. The Morgan fingerprint density at radius 1 is 1.20 bits per heavy atom. The van der Waals surface area contributed by atoms with Crippen molar-refractivity contribution < 1.29 is 41.0 Å². The maximum Gasteiger partial charge on any atom is 0.407 e. The molecule has 222 valence electrons. The molecule has 1 amide bonds. The van der Waals surface area contributed by atoms with Gasteiger partial charge >= 0.3 is 22.5 Å². The largest absolute Gasteiger partial charge is 0.462 e. The van der Waals surface area contributed by atoms with Crippen molar-refractivity contribution in [2.75, 3.05) is 6.61 Å². The number of nitrogens with zero attached hydrogens (tertiary/aromatic N) is 1. The first-order valence-corrected chi connectivity index (χ1v) is 15.1. The van der Waals surface area contributed by atoms with E-state index in [-0.39, 0.29) is 47.8 Å². The highest BCUT2D eigenvalue weighted by Gasteiger charge is 2.54. The summed E-state index contributed by atoms with van der Waals surface area (Å²) in [6.45, 7) is 4.15. The Balaban J connectivity index is 0.000000714. The van der Waals surface area contributed by atoms with E-state index in [1.807, 2.05) is 31.2 Å². The molecule has 1 aromatic heterocycles. The van der Waals surface area contributed by atoms with Gasteiger partial charge in [-0.15, -0.1) is 0 Å². The number of aromatic nitrogens is 1. The molecule has 10 nitrogen and oxygen atoms in total. The summed E-state index contributed by atoms with van der Waals surface area (Å²) in [6, 6.07) is 10.4. The number of ether oxygens (including phenoxy) is 2. The molecule has 2 aromatic rings. The molecule has 0 radical (unpaired) electrons. The van der Waals surface area contributed by atoms with E-state index >= 15 is 0 Å². The lowest BCUT2D eigenvalue weighted by atomic mass is 9.57. The smallest absolute Gasteiger partial charge is 0.407 e. The summed E-state index contributed by atoms with van der Waals surface area (Å²) in [7, 11) is -4.67. The van der Waals surface area contributed by atoms with Crippen LogP contribution in [0.15, 0.2) is 48.7 Å². The molecule has 2 heterocycles. The Morgan fingerprint density at radius 2 is 1.95 bits per heavy atom. The minimum absolute atomic E-state index is 0.0679. The summed E-state index contributed by atoms with van der Waals surface area (Å²) in [6.07, 6.45) is 9.07. The fraction of sp³-hybridized carbons (Fsp3) is 0.483. The van der Waals surface area contributed by atoms with Gasteiger partial charge in [0.1, 0.15) is 11.9 Å². The molecule has 5 rings (SSSR count). The van der Waals surface area contributed by atoms with Gasteiger partial charge < -0.3 is 14.8 Å². The number of rotatable bonds is 5. The number of amides is 1. The molecule has 7 atom stereocenters. The molecule has 1 saturated heterocycles. The number of carbonyl (C=O) groups is 2. The van der Waals surface area contributed by atoms with Gasteiger partial charge in [0, 0.05) is 23.7 Å². The van der Waals surface area contributed by atoms with Gasteiger partial charge in [-0.2, -0.15) is 8.42 Å². The highest BCUT2D eigenvalue weighted by Crippen LogP contribution is 2.53. The molecule has 3 N–H and O–H groups in total. The molecule has 2 saturated carbocycles. The Kier molecular flexibility index (Phi) is 9.77. The second kappa shape index (κ2) is 13.1. The predicted octanol–water partition coefficient (Wildman–Crippen LogP) is 4.98. The number of carbonyl (C=O) groups excluding carboxylic acids is 2. The lowest BCUT2D eigenvalue weighted by molar-refractivity contribution is -0.144. The normalized spacial score (nSPS) is 29.0. The third-order valence-electron chi connectivity index (χ3n) is 8.18. The third kappa shape index (κ3) is 8.11. The summed E-state index contributed by atoms with van der Waals surface area (Å²) in [5.41, 5.74) is 2.48. The van der Waals surface area contributed by atoms with Crippen LogP contribution in [0, 0.1) is 35.4 Å². The molecule has 0 bridgehead atoms. The maximum atomic E-state index is 13.6. The van der Waals surface area contributed by atoms with Crippen LogP contribution < -0.4 is 5.32 Å². The number of fused-ring (bicyclic) bond motifs is 2. The number of allylic oxidation sites excluding steroid dienone is 1. The van der Waals surface area contributed by atoms with Crippen molar-refractivity contribution in [1.29, 1.82) is 0 Å². The van der Waals surface area contributed by atoms with Gasteiger partial charge in [-0.05, 0) is 87.1 Å². The van der Waals surface area contributed by atoms with Gasteiger partial charge in [0.25, 0.3) is 0 Å². The van der Waals surface area contributed by atoms with E-state index in [0.717, 1.165) is 42.5 Å². The number of halogens is 1. The Hall–Kier alpha value is -3.35. The number of alkyl carbamates (subject to hydrolysis) is 1. The fourth-order valence-electron chi connectivity index (χ4n) is 6.64. The van der Waals surface area contributed by atoms with E-state index in [0.29, 0.717) is 18.4 Å². The summed E-state index contributed by atoms with van der Waals surface area (Å²) < 4.78 is 55.9. The second-order valence-corrected chi connectivity index (χ2v) is 11.6. The van der Waals surface area contributed by atoms with E-state index in [4.69, 9.17) is 27.0 Å². The molecule has 1 unspecified atom stereocenters. The van der Waals surface area contributed by atoms with Crippen molar-refractivity contribution >= 4 is 28.5 Å². The van der Waals surface area contributed by atoms with Crippen LogP contribution in [0.5, 0.6) is 0 Å². The van der Waals surface area contributed by atoms with E-state index in [2.05, 4.69) is 16.4 Å². The van der Waals surface area contributed by atoms with Crippen LogP contribution in [-0.4, -0.2) is 53.3 Å². The Morgan fingerprint density at radius 3 is 2.61 bits per heavy atom. The lowest BCUT2D eigenvalue weighted by Gasteiger charge is -2.47. The molecule has 1 aromatic carbocycles. The molecule has 41 heavy (non-hydrogen) atoms. The van der Waals surface area contributed by atoms with E-state index in [1.54, 1.807) is 19.2 Å². The first kappa shape index (κ1) is 30.6. The quantitative estimate of drug-likeness (QED) is 0.323. The number of benzene rings is 1. The monoisotopic (exact) mass is 590 g/mol. The maximum absolute atomic E-state index is 13.6.